The SMILES string of the molecule is O=C(CCC(F)(F)F)N(CCCl)C1CC1. The van der Waals surface area contributed by atoms with Crippen LogP contribution in [0.5, 0.6) is 0 Å². The fourth-order valence-electron chi connectivity index (χ4n) is 1.38. The molecule has 0 atom stereocenters. The van der Waals surface area contributed by atoms with Gasteiger partial charge in [0.1, 0.15) is 0 Å². The first-order valence-electron chi connectivity index (χ1n) is 4.86. The molecular weight excluding hydrogens is 231 g/mol. The average molecular weight is 244 g/mol. The molecule has 0 aromatic heterocycles. The zero-order chi connectivity index (χ0) is 11.5. The van der Waals surface area contributed by atoms with Crippen molar-refractivity contribution in [3.05, 3.63) is 0 Å². The predicted octanol–water partition coefficient (Wildman–Crippen LogP) is 2.56. The topological polar surface area (TPSA) is 20.3 Å². The fourth-order valence-corrected chi connectivity index (χ4v) is 1.56. The summed E-state index contributed by atoms with van der Waals surface area (Å²) in [6.07, 6.45) is -4.00. The van der Waals surface area contributed by atoms with Crippen LogP contribution in [0.4, 0.5) is 13.2 Å². The minimum atomic E-state index is -4.26. The van der Waals surface area contributed by atoms with Crippen molar-refractivity contribution in [2.75, 3.05) is 12.4 Å². The van der Waals surface area contributed by atoms with E-state index >= 15 is 0 Å². The lowest BCUT2D eigenvalue weighted by atomic mass is 10.2. The zero-order valence-electron chi connectivity index (χ0n) is 8.19. The molecule has 2 nitrogen and oxygen atoms in total. The third kappa shape index (κ3) is 4.73. The van der Waals surface area contributed by atoms with Crippen LogP contribution in [-0.4, -0.2) is 35.4 Å². The van der Waals surface area contributed by atoms with E-state index in [4.69, 9.17) is 11.6 Å². The number of alkyl halides is 4. The van der Waals surface area contributed by atoms with Crippen molar-refractivity contribution in [1.29, 1.82) is 0 Å². The molecule has 1 fully saturated rings. The van der Waals surface area contributed by atoms with E-state index in [1.54, 1.807) is 0 Å². The highest BCUT2D eigenvalue weighted by Crippen LogP contribution is 2.29. The van der Waals surface area contributed by atoms with Crippen LogP contribution < -0.4 is 0 Å². The molecular formula is C9H13ClF3NO. The first-order chi connectivity index (χ1) is 6.94. The summed E-state index contributed by atoms with van der Waals surface area (Å²) in [6.45, 7) is 0.350. The van der Waals surface area contributed by atoms with E-state index in [0.29, 0.717) is 6.54 Å². The number of amides is 1. The van der Waals surface area contributed by atoms with Gasteiger partial charge < -0.3 is 4.90 Å². The van der Waals surface area contributed by atoms with Crippen LogP contribution >= 0.6 is 11.6 Å². The van der Waals surface area contributed by atoms with Gasteiger partial charge in [-0.25, -0.2) is 0 Å². The van der Waals surface area contributed by atoms with E-state index in [2.05, 4.69) is 0 Å². The van der Waals surface area contributed by atoms with E-state index in [1.807, 2.05) is 0 Å². The summed E-state index contributed by atoms with van der Waals surface area (Å²) in [6, 6.07) is 0.129. The van der Waals surface area contributed by atoms with Crippen molar-refractivity contribution in [1.82, 2.24) is 4.90 Å². The van der Waals surface area contributed by atoms with E-state index in [9.17, 15) is 18.0 Å². The molecule has 0 aromatic carbocycles. The van der Waals surface area contributed by atoms with Gasteiger partial charge in [-0.2, -0.15) is 13.2 Å². The number of carbonyl (C=O) groups is 1. The molecule has 1 saturated carbocycles. The molecule has 6 heteroatoms. The summed E-state index contributed by atoms with van der Waals surface area (Å²) in [5.41, 5.74) is 0. The second-order valence-corrected chi connectivity index (χ2v) is 4.00. The van der Waals surface area contributed by atoms with Crippen LogP contribution in [0.15, 0.2) is 0 Å². The van der Waals surface area contributed by atoms with Gasteiger partial charge in [-0.3, -0.25) is 4.79 Å². The van der Waals surface area contributed by atoms with Crippen molar-refractivity contribution in [2.45, 2.75) is 37.9 Å². The summed E-state index contributed by atoms with van der Waals surface area (Å²) < 4.78 is 35.7. The van der Waals surface area contributed by atoms with Gasteiger partial charge >= 0.3 is 6.18 Å². The monoisotopic (exact) mass is 243 g/mol. The fraction of sp³-hybridized carbons (Fsp3) is 0.889. The van der Waals surface area contributed by atoms with E-state index in [0.717, 1.165) is 12.8 Å². The lowest BCUT2D eigenvalue weighted by molar-refractivity contribution is -0.149. The Morgan fingerprint density at radius 2 is 2.00 bits per heavy atom. The maximum absolute atomic E-state index is 11.9. The molecule has 15 heavy (non-hydrogen) atoms. The third-order valence-corrected chi connectivity index (χ3v) is 2.42. The predicted molar refractivity (Wildman–Crippen MR) is 50.7 cm³/mol. The van der Waals surface area contributed by atoms with Crippen LogP contribution in [0.25, 0.3) is 0 Å². The largest absolute Gasteiger partial charge is 0.389 e. The van der Waals surface area contributed by atoms with Crippen molar-refractivity contribution < 1.29 is 18.0 Å². The van der Waals surface area contributed by atoms with E-state index in [-0.39, 0.29) is 11.9 Å². The Kier molecular flexibility index (Phi) is 4.25. The molecule has 0 heterocycles. The molecule has 0 unspecified atom stereocenters. The van der Waals surface area contributed by atoms with E-state index < -0.39 is 24.9 Å². The molecule has 0 saturated heterocycles. The van der Waals surface area contributed by atoms with Crippen LogP contribution in [0.2, 0.25) is 0 Å². The first kappa shape index (κ1) is 12.6. The number of hydrogen-bond donors (Lipinski definition) is 0. The number of nitrogens with zero attached hydrogens (tertiary/aromatic N) is 1. The van der Waals surface area contributed by atoms with Gasteiger partial charge in [0, 0.05) is 24.9 Å². The molecule has 1 aliphatic carbocycles. The Morgan fingerprint density at radius 1 is 1.40 bits per heavy atom. The minimum absolute atomic E-state index is 0.129. The molecule has 1 amide bonds. The maximum Gasteiger partial charge on any atom is 0.389 e. The highest BCUT2D eigenvalue weighted by Gasteiger charge is 2.34. The molecule has 0 bridgehead atoms. The molecule has 0 aromatic rings. The summed E-state index contributed by atoms with van der Waals surface area (Å²) in [4.78, 5) is 12.9. The van der Waals surface area contributed by atoms with Crippen molar-refractivity contribution in [3.63, 3.8) is 0 Å². The molecule has 0 radical (unpaired) electrons. The van der Waals surface area contributed by atoms with Crippen LogP contribution in [0, 0.1) is 0 Å². The van der Waals surface area contributed by atoms with Gasteiger partial charge in [0.15, 0.2) is 0 Å². The number of rotatable bonds is 5. The van der Waals surface area contributed by atoms with Crippen LogP contribution in [0.1, 0.15) is 25.7 Å². The molecule has 1 aliphatic rings. The second kappa shape index (κ2) is 5.05. The zero-order valence-corrected chi connectivity index (χ0v) is 8.94. The standard InChI is InChI=1S/C9H13ClF3NO/c10-5-6-14(7-1-2-7)8(15)3-4-9(11,12)13/h7H,1-6H2. The highest BCUT2D eigenvalue weighted by atomic mass is 35.5. The Balaban J connectivity index is 2.35. The molecule has 1 rings (SSSR count). The smallest absolute Gasteiger partial charge is 0.339 e. The van der Waals surface area contributed by atoms with Crippen LogP contribution in [0.3, 0.4) is 0 Å². The number of hydrogen-bond acceptors (Lipinski definition) is 1. The second-order valence-electron chi connectivity index (χ2n) is 3.62. The minimum Gasteiger partial charge on any atom is -0.339 e. The number of halogens is 4. The number of carbonyl (C=O) groups excluding carboxylic acids is 1. The van der Waals surface area contributed by atoms with Crippen molar-refractivity contribution >= 4 is 17.5 Å². The van der Waals surface area contributed by atoms with Crippen LogP contribution in [-0.2, 0) is 4.79 Å². The van der Waals surface area contributed by atoms with Crippen molar-refractivity contribution in [2.24, 2.45) is 0 Å². The Labute approximate surface area is 91.4 Å². The summed E-state index contributed by atoms with van der Waals surface area (Å²) in [7, 11) is 0. The summed E-state index contributed by atoms with van der Waals surface area (Å²) in [5.74, 6) is -0.163. The summed E-state index contributed by atoms with van der Waals surface area (Å²) in [5, 5.41) is 0. The summed E-state index contributed by atoms with van der Waals surface area (Å²) >= 11 is 5.49. The first-order valence-corrected chi connectivity index (χ1v) is 5.39. The maximum atomic E-state index is 11.9. The molecule has 0 N–H and O–H groups in total. The quantitative estimate of drug-likeness (QED) is 0.680. The highest BCUT2D eigenvalue weighted by molar-refractivity contribution is 6.18. The van der Waals surface area contributed by atoms with Gasteiger partial charge in [-0.1, -0.05) is 0 Å². The Morgan fingerprint density at radius 3 is 2.40 bits per heavy atom. The lowest BCUT2D eigenvalue weighted by Gasteiger charge is -2.21. The third-order valence-electron chi connectivity index (χ3n) is 2.26. The Bertz CT molecular complexity index is 228. The van der Waals surface area contributed by atoms with Gasteiger partial charge in [0.05, 0.1) is 6.42 Å². The van der Waals surface area contributed by atoms with Gasteiger partial charge in [0.25, 0.3) is 0 Å². The van der Waals surface area contributed by atoms with Gasteiger partial charge in [-0.15, -0.1) is 11.6 Å². The molecule has 88 valence electrons. The molecule has 0 spiro atoms. The van der Waals surface area contributed by atoms with Gasteiger partial charge in [0.2, 0.25) is 5.91 Å². The average Bonchev–Trinajstić information content (AvgIpc) is 2.92. The normalized spacial score (nSPS) is 16.5. The molecule has 0 aliphatic heterocycles. The van der Waals surface area contributed by atoms with E-state index in [1.165, 1.54) is 4.90 Å². The Hall–Kier alpha value is -0.450. The van der Waals surface area contributed by atoms with Gasteiger partial charge in [-0.05, 0) is 12.8 Å². The lowest BCUT2D eigenvalue weighted by Crippen LogP contribution is -2.35. The van der Waals surface area contributed by atoms with Crippen molar-refractivity contribution in [3.8, 4) is 0 Å².